The van der Waals surface area contributed by atoms with Crippen LogP contribution < -0.4 is 0 Å². The number of rotatable bonds is 2. The second-order valence-corrected chi connectivity index (χ2v) is 4.44. The Labute approximate surface area is 86.8 Å². The highest BCUT2D eigenvalue weighted by Gasteiger charge is 2.25. The van der Waals surface area contributed by atoms with Crippen LogP contribution in [0.1, 0.15) is 33.6 Å². The van der Waals surface area contributed by atoms with Gasteiger partial charge in [-0.25, -0.2) is 0 Å². The Kier molecular flexibility index (Phi) is 3.33. The van der Waals surface area contributed by atoms with Crippen molar-refractivity contribution in [1.29, 1.82) is 0 Å². The molecule has 0 saturated carbocycles. The van der Waals surface area contributed by atoms with Crippen LogP contribution in [0.5, 0.6) is 0 Å². The van der Waals surface area contributed by atoms with E-state index in [0.717, 1.165) is 29.6 Å². The monoisotopic (exact) mass is 192 g/mol. The van der Waals surface area contributed by atoms with Crippen molar-refractivity contribution >= 4 is 0 Å². The lowest BCUT2D eigenvalue weighted by Gasteiger charge is -2.30. The minimum atomic E-state index is -0.308. The van der Waals surface area contributed by atoms with Crippen molar-refractivity contribution in [3.05, 3.63) is 35.5 Å². The topological polar surface area (TPSA) is 20.2 Å². The molecule has 0 fully saturated rings. The Morgan fingerprint density at radius 2 is 1.93 bits per heavy atom. The molecule has 1 nitrogen and oxygen atoms in total. The van der Waals surface area contributed by atoms with Gasteiger partial charge in [-0.05, 0) is 50.7 Å². The van der Waals surface area contributed by atoms with Gasteiger partial charge in [0.1, 0.15) is 0 Å². The van der Waals surface area contributed by atoms with Gasteiger partial charge >= 0.3 is 0 Å². The first-order chi connectivity index (χ1) is 6.43. The number of aliphatic hydroxyl groups is 1. The van der Waals surface area contributed by atoms with Gasteiger partial charge in [-0.2, -0.15) is 0 Å². The third-order valence-corrected chi connectivity index (χ3v) is 3.15. The van der Waals surface area contributed by atoms with Crippen molar-refractivity contribution in [2.24, 2.45) is 5.92 Å². The van der Waals surface area contributed by atoms with E-state index in [1.165, 1.54) is 5.57 Å². The molecule has 0 radical (unpaired) electrons. The highest BCUT2D eigenvalue weighted by molar-refractivity contribution is 5.36. The summed E-state index contributed by atoms with van der Waals surface area (Å²) >= 11 is 0. The third kappa shape index (κ3) is 2.16. The lowest BCUT2D eigenvalue weighted by Crippen LogP contribution is -2.23. The van der Waals surface area contributed by atoms with Crippen LogP contribution in [0, 0.1) is 5.92 Å². The fourth-order valence-corrected chi connectivity index (χ4v) is 2.02. The summed E-state index contributed by atoms with van der Waals surface area (Å²) in [6.07, 6.45) is 1.50. The van der Waals surface area contributed by atoms with Crippen LogP contribution in [0.15, 0.2) is 35.5 Å². The van der Waals surface area contributed by atoms with E-state index in [1.54, 1.807) is 0 Å². The fraction of sp³-hybridized carbons (Fsp3) is 0.538. The van der Waals surface area contributed by atoms with Gasteiger partial charge in [0.05, 0.1) is 6.10 Å². The van der Waals surface area contributed by atoms with Crippen molar-refractivity contribution in [1.82, 2.24) is 0 Å². The van der Waals surface area contributed by atoms with E-state index in [2.05, 4.69) is 13.2 Å². The summed E-state index contributed by atoms with van der Waals surface area (Å²) in [5, 5.41) is 9.88. The van der Waals surface area contributed by atoms with Crippen molar-refractivity contribution in [3.8, 4) is 0 Å². The van der Waals surface area contributed by atoms with E-state index < -0.39 is 0 Å². The predicted octanol–water partition coefficient (Wildman–Crippen LogP) is 3.23. The number of allylic oxidation sites excluding steroid dienone is 3. The SMILES string of the molecule is C=C(C)C1=C(C)[C@@H](O)C[C@@H](C(=C)C)C1. The van der Waals surface area contributed by atoms with E-state index in [-0.39, 0.29) is 6.10 Å². The molecule has 0 aromatic rings. The summed E-state index contributed by atoms with van der Waals surface area (Å²) in [5.41, 5.74) is 4.56. The maximum absolute atomic E-state index is 9.88. The first kappa shape index (κ1) is 11.3. The Morgan fingerprint density at radius 1 is 1.36 bits per heavy atom. The summed E-state index contributed by atoms with van der Waals surface area (Å²) in [6.45, 7) is 14.0. The molecular formula is C13H20O. The van der Waals surface area contributed by atoms with Gasteiger partial charge in [0.15, 0.2) is 0 Å². The fourth-order valence-electron chi connectivity index (χ4n) is 2.02. The van der Waals surface area contributed by atoms with Crippen LogP contribution >= 0.6 is 0 Å². The molecule has 78 valence electrons. The average Bonchev–Trinajstić information content (AvgIpc) is 2.08. The van der Waals surface area contributed by atoms with E-state index in [1.807, 2.05) is 20.8 Å². The van der Waals surface area contributed by atoms with Crippen molar-refractivity contribution < 1.29 is 5.11 Å². The zero-order valence-corrected chi connectivity index (χ0v) is 9.43. The molecule has 14 heavy (non-hydrogen) atoms. The van der Waals surface area contributed by atoms with Gasteiger partial charge in [0.25, 0.3) is 0 Å². The highest BCUT2D eigenvalue weighted by Crippen LogP contribution is 2.35. The minimum absolute atomic E-state index is 0.308. The largest absolute Gasteiger partial charge is 0.389 e. The molecule has 0 heterocycles. The second kappa shape index (κ2) is 4.14. The molecule has 1 aliphatic carbocycles. The maximum Gasteiger partial charge on any atom is 0.0759 e. The molecule has 0 aromatic heterocycles. The van der Waals surface area contributed by atoms with Crippen LogP contribution in [0.25, 0.3) is 0 Å². The zero-order valence-electron chi connectivity index (χ0n) is 9.43. The summed E-state index contributed by atoms with van der Waals surface area (Å²) < 4.78 is 0. The molecule has 0 aromatic carbocycles. The first-order valence-electron chi connectivity index (χ1n) is 5.12. The number of hydrogen-bond acceptors (Lipinski definition) is 1. The van der Waals surface area contributed by atoms with Gasteiger partial charge < -0.3 is 5.11 Å². The summed E-state index contributed by atoms with van der Waals surface area (Å²) in [4.78, 5) is 0. The second-order valence-electron chi connectivity index (χ2n) is 4.44. The zero-order chi connectivity index (χ0) is 10.9. The lowest BCUT2D eigenvalue weighted by molar-refractivity contribution is 0.172. The van der Waals surface area contributed by atoms with Gasteiger partial charge in [-0.3, -0.25) is 0 Å². The summed E-state index contributed by atoms with van der Waals surface area (Å²) in [5.74, 6) is 0.417. The molecule has 2 atom stereocenters. The Morgan fingerprint density at radius 3 is 2.36 bits per heavy atom. The lowest BCUT2D eigenvalue weighted by atomic mass is 9.78. The molecule has 0 saturated heterocycles. The Hall–Kier alpha value is -0.820. The van der Waals surface area contributed by atoms with Gasteiger partial charge in [-0.15, -0.1) is 0 Å². The Balaban J connectivity index is 2.96. The number of aliphatic hydroxyl groups excluding tert-OH is 1. The van der Waals surface area contributed by atoms with Crippen LogP contribution in [0.3, 0.4) is 0 Å². The summed E-state index contributed by atoms with van der Waals surface area (Å²) in [6, 6.07) is 0. The maximum atomic E-state index is 9.88. The Bertz CT molecular complexity index is 296. The normalized spacial score (nSPS) is 27.7. The first-order valence-corrected chi connectivity index (χ1v) is 5.12. The van der Waals surface area contributed by atoms with E-state index in [9.17, 15) is 5.11 Å². The van der Waals surface area contributed by atoms with E-state index >= 15 is 0 Å². The quantitative estimate of drug-likeness (QED) is 0.666. The van der Waals surface area contributed by atoms with Crippen LogP contribution in [0.2, 0.25) is 0 Å². The molecule has 1 N–H and O–H groups in total. The number of hydrogen-bond donors (Lipinski definition) is 1. The molecule has 0 aliphatic heterocycles. The molecule has 1 rings (SSSR count). The van der Waals surface area contributed by atoms with Crippen molar-refractivity contribution in [3.63, 3.8) is 0 Å². The summed E-state index contributed by atoms with van der Waals surface area (Å²) in [7, 11) is 0. The molecule has 1 heteroatoms. The van der Waals surface area contributed by atoms with E-state index in [0.29, 0.717) is 5.92 Å². The van der Waals surface area contributed by atoms with Crippen molar-refractivity contribution in [2.75, 3.05) is 0 Å². The third-order valence-electron chi connectivity index (χ3n) is 3.15. The molecule has 0 spiro atoms. The van der Waals surface area contributed by atoms with Gasteiger partial charge in [-0.1, -0.05) is 24.3 Å². The van der Waals surface area contributed by atoms with Crippen LogP contribution in [-0.4, -0.2) is 11.2 Å². The van der Waals surface area contributed by atoms with E-state index in [4.69, 9.17) is 0 Å². The van der Waals surface area contributed by atoms with Gasteiger partial charge in [0, 0.05) is 0 Å². The average molecular weight is 192 g/mol. The standard InChI is InChI=1S/C13H20O/c1-8(2)11-6-12(9(3)4)10(5)13(14)7-11/h11,13-14H,1,3,6-7H2,2,4-5H3/t11-,13-/m0/s1. The van der Waals surface area contributed by atoms with Crippen molar-refractivity contribution in [2.45, 2.75) is 39.7 Å². The smallest absolute Gasteiger partial charge is 0.0759 e. The molecule has 0 unspecified atom stereocenters. The predicted molar refractivity (Wildman–Crippen MR) is 61.1 cm³/mol. The van der Waals surface area contributed by atoms with Crippen LogP contribution in [0.4, 0.5) is 0 Å². The molecule has 0 amide bonds. The van der Waals surface area contributed by atoms with Crippen LogP contribution in [-0.2, 0) is 0 Å². The highest BCUT2D eigenvalue weighted by atomic mass is 16.3. The molecule has 0 bridgehead atoms. The minimum Gasteiger partial charge on any atom is -0.389 e. The molecule has 1 aliphatic rings. The van der Waals surface area contributed by atoms with Gasteiger partial charge in [0.2, 0.25) is 0 Å². The molecular weight excluding hydrogens is 172 g/mol.